The van der Waals surface area contributed by atoms with Crippen LogP contribution in [-0.2, 0) is 0 Å². The van der Waals surface area contributed by atoms with E-state index in [0.717, 1.165) is 77.2 Å². The van der Waals surface area contributed by atoms with Crippen LogP contribution in [0.25, 0.3) is 106 Å². The van der Waals surface area contributed by atoms with Crippen LogP contribution in [0.4, 0.5) is 0 Å². The Bertz CT molecular complexity index is 3540. The zero-order valence-electron chi connectivity index (χ0n) is 34.5. The van der Waals surface area contributed by atoms with Gasteiger partial charge < -0.3 is 8.83 Å². The summed E-state index contributed by atoms with van der Waals surface area (Å²) < 4.78 is 15.4. The minimum Gasteiger partial charge on any atom is -0.456 e. The highest BCUT2D eigenvalue weighted by atomic mass is 16.3. The molecule has 0 spiro atoms. The standard InChI is InChI=1S/C45H34B8N4O2/c46-32-30-31-33(47)35(49)37(51)39(53)41(31)57(40(30)38(52)36(50)34(32)48)45-55-43(19-7-2-1-3-8-19)54-44(56-45)21-14-16-25-24-15-13-20(17-28(24)58-29(25)18-21)22-10-6-11-26-23-9-4-5-12-27(23)59-42(22)26/h1-18H,46-53H2. The molecule has 11 rings (SSSR count). The van der Waals surface area contributed by atoms with E-state index in [4.69, 9.17) is 23.8 Å². The zero-order valence-corrected chi connectivity index (χ0v) is 34.5. The number of hydrogen-bond donors (Lipinski definition) is 0. The largest absolute Gasteiger partial charge is 0.456 e. The number of rotatable bonds is 4. The summed E-state index contributed by atoms with van der Waals surface area (Å²) >= 11 is 0. The SMILES string of the molecule is Bc1c(B)c(B)c2c(c1B)c1c(B)c(B)c(B)c(B)c1n2-c1nc(-c2ccccc2)nc(-c2ccc3c(c2)oc2cc(-c4cccc5c4oc4ccccc45)ccc23)n1. The number of hydrogen-bond acceptors (Lipinski definition) is 5. The van der Waals surface area contributed by atoms with Crippen molar-refractivity contribution >= 4 is 172 Å². The summed E-state index contributed by atoms with van der Waals surface area (Å²) in [4.78, 5) is 15.8. The molecule has 4 heterocycles. The zero-order chi connectivity index (χ0) is 40.4. The molecule has 14 heteroatoms. The molecule has 0 unspecified atom stereocenters. The molecule has 0 saturated heterocycles. The predicted octanol–water partition coefficient (Wildman–Crippen LogP) is -2.16. The highest BCUT2D eigenvalue weighted by molar-refractivity contribution is 6.71. The molecule has 7 aromatic carbocycles. The first-order chi connectivity index (χ1) is 28.6. The quantitative estimate of drug-likeness (QED) is 0.192. The first kappa shape index (κ1) is 35.6. The summed E-state index contributed by atoms with van der Waals surface area (Å²) in [6.45, 7) is 0. The molecule has 0 atom stereocenters. The minimum atomic E-state index is 0.583. The van der Waals surface area contributed by atoms with Gasteiger partial charge in [-0.25, -0.2) is 4.98 Å². The van der Waals surface area contributed by atoms with Gasteiger partial charge in [-0.1, -0.05) is 112 Å². The molecule has 0 aliphatic rings. The average Bonchev–Trinajstić information content (AvgIpc) is 3.96. The lowest BCUT2D eigenvalue weighted by Gasteiger charge is -2.16. The van der Waals surface area contributed by atoms with Crippen LogP contribution < -0.4 is 43.7 Å². The lowest BCUT2D eigenvalue weighted by Crippen LogP contribution is -2.49. The topological polar surface area (TPSA) is 69.9 Å². The lowest BCUT2D eigenvalue weighted by atomic mass is 9.63. The highest BCUT2D eigenvalue weighted by Crippen LogP contribution is 2.39. The normalized spacial score (nSPS) is 11.9. The van der Waals surface area contributed by atoms with Gasteiger partial charge in [-0.3, -0.25) is 4.57 Å². The third-order valence-electron chi connectivity index (χ3n) is 13.3. The Morgan fingerprint density at radius 1 is 0.390 bits per heavy atom. The van der Waals surface area contributed by atoms with Crippen molar-refractivity contribution in [2.45, 2.75) is 0 Å². The number of benzene rings is 7. The Balaban J connectivity index is 1.13. The summed E-state index contributed by atoms with van der Waals surface area (Å²) in [6.07, 6.45) is 0. The maximum Gasteiger partial charge on any atom is 0.238 e. The van der Waals surface area contributed by atoms with E-state index in [1.807, 2.05) is 30.3 Å². The fourth-order valence-corrected chi connectivity index (χ4v) is 9.44. The number of fused-ring (bicyclic) bond motifs is 9. The van der Waals surface area contributed by atoms with E-state index >= 15 is 0 Å². The second-order valence-corrected chi connectivity index (χ2v) is 16.2. The van der Waals surface area contributed by atoms with Crippen molar-refractivity contribution in [3.05, 3.63) is 109 Å². The molecule has 0 aliphatic carbocycles. The highest BCUT2D eigenvalue weighted by Gasteiger charge is 2.25. The smallest absolute Gasteiger partial charge is 0.238 e. The predicted molar refractivity (Wildman–Crippen MR) is 270 cm³/mol. The monoisotopic (exact) mass is 750 g/mol. The molecular formula is C45H34B8N4O2. The third-order valence-corrected chi connectivity index (χ3v) is 13.3. The Morgan fingerprint density at radius 2 is 0.915 bits per heavy atom. The van der Waals surface area contributed by atoms with Crippen LogP contribution in [0, 0.1) is 0 Å². The van der Waals surface area contributed by atoms with Gasteiger partial charge in [0.1, 0.15) is 85.1 Å². The van der Waals surface area contributed by atoms with Gasteiger partial charge >= 0.3 is 0 Å². The van der Waals surface area contributed by atoms with Crippen LogP contribution in [0.15, 0.2) is 118 Å². The molecule has 0 aliphatic heterocycles. The summed E-state index contributed by atoms with van der Waals surface area (Å²) in [5.41, 5.74) is 19.7. The van der Waals surface area contributed by atoms with Gasteiger partial charge in [-0.2, -0.15) is 9.97 Å². The lowest BCUT2D eigenvalue weighted by molar-refractivity contribution is 0.668. The van der Waals surface area contributed by atoms with E-state index in [1.54, 1.807) is 0 Å². The molecule has 11 aromatic rings. The second kappa shape index (κ2) is 13.0. The number of para-hydroxylation sites is 2. The summed E-state index contributed by atoms with van der Waals surface area (Å²) in [5, 5.41) is 6.84. The second-order valence-electron chi connectivity index (χ2n) is 16.2. The van der Waals surface area contributed by atoms with Crippen LogP contribution >= 0.6 is 0 Å². The van der Waals surface area contributed by atoms with Crippen molar-refractivity contribution in [3.8, 4) is 39.9 Å². The van der Waals surface area contributed by atoms with Crippen molar-refractivity contribution in [1.29, 1.82) is 0 Å². The molecular weight excluding hydrogens is 715 g/mol. The molecule has 0 bridgehead atoms. The fourth-order valence-electron chi connectivity index (χ4n) is 9.44. The molecule has 4 aromatic heterocycles. The van der Waals surface area contributed by atoms with Crippen molar-refractivity contribution in [3.63, 3.8) is 0 Å². The van der Waals surface area contributed by atoms with E-state index in [1.165, 1.54) is 54.5 Å². The van der Waals surface area contributed by atoms with Gasteiger partial charge in [0.15, 0.2) is 11.6 Å². The van der Waals surface area contributed by atoms with Gasteiger partial charge in [0, 0.05) is 49.3 Å². The molecule has 0 saturated carbocycles. The van der Waals surface area contributed by atoms with Crippen molar-refractivity contribution in [2.24, 2.45) is 0 Å². The minimum absolute atomic E-state index is 0.583. The Morgan fingerprint density at radius 3 is 1.58 bits per heavy atom. The summed E-state index contributed by atoms with van der Waals surface area (Å²) in [7, 11) is 17.9. The Kier molecular flexibility index (Phi) is 7.84. The van der Waals surface area contributed by atoms with E-state index in [-0.39, 0.29) is 0 Å². The van der Waals surface area contributed by atoms with Gasteiger partial charge in [0.25, 0.3) is 0 Å². The van der Waals surface area contributed by atoms with Gasteiger partial charge in [0.2, 0.25) is 5.95 Å². The van der Waals surface area contributed by atoms with Crippen molar-refractivity contribution in [1.82, 2.24) is 19.5 Å². The summed E-state index contributed by atoms with van der Waals surface area (Å²) in [6, 6.07) is 37.5. The van der Waals surface area contributed by atoms with Crippen LogP contribution in [-0.4, -0.2) is 82.3 Å². The van der Waals surface area contributed by atoms with Crippen molar-refractivity contribution < 1.29 is 8.83 Å². The Hall–Kier alpha value is -6.53. The first-order valence-corrected chi connectivity index (χ1v) is 20.3. The molecule has 0 radical (unpaired) electrons. The number of nitrogens with zero attached hydrogens (tertiary/aromatic N) is 4. The maximum absolute atomic E-state index is 6.68. The van der Waals surface area contributed by atoms with E-state index in [9.17, 15) is 0 Å². The van der Waals surface area contributed by atoms with Gasteiger partial charge in [0.05, 0.1) is 0 Å². The molecule has 0 fully saturated rings. The Labute approximate surface area is 348 Å². The van der Waals surface area contributed by atoms with Crippen LogP contribution in [0.1, 0.15) is 0 Å². The molecule has 6 nitrogen and oxygen atoms in total. The van der Waals surface area contributed by atoms with Crippen LogP contribution in [0.2, 0.25) is 0 Å². The van der Waals surface area contributed by atoms with Gasteiger partial charge in [-0.05, 0) is 46.7 Å². The third kappa shape index (κ3) is 5.14. The fraction of sp³-hybridized carbons (Fsp3) is 0. The molecule has 270 valence electrons. The maximum atomic E-state index is 6.68. The summed E-state index contributed by atoms with van der Waals surface area (Å²) in [5.74, 6) is 1.80. The first-order valence-electron chi connectivity index (χ1n) is 20.3. The van der Waals surface area contributed by atoms with Crippen LogP contribution in [0.5, 0.6) is 0 Å². The van der Waals surface area contributed by atoms with E-state index in [0.29, 0.717) is 17.6 Å². The molecule has 59 heavy (non-hydrogen) atoms. The molecule has 0 amide bonds. The average molecular weight is 749 g/mol. The number of furan rings is 2. The van der Waals surface area contributed by atoms with E-state index < -0.39 is 0 Å². The van der Waals surface area contributed by atoms with Crippen molar-refractivity contribution in [2.75, 3.05) is 0 Å². The van der Waals surface area contributed by atoms with Crippen LogP contribution in [0.3, 0.4) is 0 Å². The van der Waals surface area contributed by atoms with E-state index in [2.05, 4.69) is 146 Å². The number of aromatic nitrogens is 4. The molecule has 0 N–H and O–H groups in total. The van der Waals surface area contributed by atoms with Gasteiger partial charge in [-0.15, -0.1) is 10.9 Å².